The van der Waals surface area contributed by atoms with Gasteiger partial charge in [0.25, 0.3) is 0 Å². The average Bonchev–Trinajstić information content (AvgIpc) is 2.93. The molecule has 20 heavy (non-hydrogen) atoms. The van der Waals surface area contributed by atoms with Crippen molar-refractivity contribution >= 4 is 17.8 Å². The molecule has 1 aromatic heterocycles. The summed E-state index contributed by atoms with van der Waals surface area (Å²) in [5.74, 6) is -2.22. The number of amides is 2. The minimum absolute atomic E-state index is 0.113. The van der Waals surface area contributed by atoms with E-state index in [1.165, 1.54) is 22.0 Å². The van der Waals surface area contributed by atoms with Crippen LogP contribution in [-0.4, -0.2) is 51.2 Å². The minimum atomic E-state index is -1.16. The van der Waals surface area contributed by atoms with Crippen molar-refractivity contribution in [1.29, 1.82) is 0 Å². The van der Waals surface area contributed by atoms with Crippen molar-refractivity contribution in [3.05, 3.63) is 18.0 Å². The smallest absolute Gasteiger partial charge is 0.331 e. The van der Waals surface area contributed by atoms with Crippen molar-refractivity contribution in [3.63, 3.8) is 0 Å². The number of rotatable bonds is 4. The largest absolute Gasteiger partial charge is 0.479 e. The molecule has 2 N–H and O–H groups in total. The molecule has 8 nitrogen and oxygen atoms in total. The maximum absolute atomic E-state index is 12.1. The molecular formula is C12H16N4O4. The Hall–Kier alpha value is -2.38. The molecule has 1 saturated heterocycles. The second-order valence-electron chi connectivity index (χ2n) is 4.90. The first kappa shape index (κ1) is 14.0. The van der Waals surface area contributed by atoms with Crippen LogP contribution >= 0.6 is 0 Å². The van der Waals surface area contributed by atoms with Gasteiger partial charge in [-0.05, 0) is 0 Å². The minimum Gasteiger partial charge on any atom is -0.479 e. The summed E-state index contributed by atoms with van der Waals surface area (Å²) in [7, 11) is 3.28. The van der Waals surface area contributed by atoms with Crippen molar-refractivity contribution in [2.45, 2.75) is 12.5 Å². The molecule has 1 fully saturated rings. The zero-order valence-corrected chi connectivity index (χ0v) is 11.2. The molecule has 2 heterocycles. The Kier molecular flexibility index (Phi) is 3.73. The Bertz CT molecular complexity index is 553. The molecule has 1 aliphatic rings. The van der Waals surface area contributed by atoms with Gasteiger partial charge in [-0.25, -0.2) is 4.79 Å². The van der Waals surface area contributed by atoms with Crippen LogP contribution in [0.5, 0.6) is 0 Å². The van der Waals surface area contributed by atoms with Crippen molar-refractivity contribution in [2.24, 2.45) is 13.0 Å². The fourth-order valence-electron chi connectivity index (χ4n) is 2.18. The SMILES string of the molecule is CN1CC(C(=O)NC(C(=O)O)c2cnn(C)c2)CC1=O. The number of likely N-dealkylation sites (tertiary alicyclic amines) is 1. The monoisotopic (exact) mass is 280 g/mol. The molecule has 2 unspecified atom stereocenters. The lowest BCUT2D eigenvalue weighted by Gasteiger charge is -2.16. The fraction of sp³-hybridized carbons (Fsp3) is 0.500. The molecule has 0 aromatic carbocycles. The normalized spacial score (nSPS) is 20.0. The number of aromatic nitrogens is 2. The zero-order valence-electron chi connectivity index (χ0n) is 11.2. The highest BCUT2D eigenvalue weighted by molar-refractivity contribution is 5.91. The van der Waals surface area contributed by atoms with Gasteiger partial charge in [0, 0.05) is 38.8 Å². The number of nitrogens with zero attached hydrogens (tertiary/aromatic N) is 3. The van der Waals surface area contributed by atoms with E-state index < -0.39 is 23.8 Å². The highest BCUT2D eigenvalue weighted by Crippen LogP contribution is 2.19. The first-order valence-electron chi connectivity index (χ1n) is 6.14. The van der Waals surface area contributed by atoms with E-state index in [4.69, 9.17) is 0 Å². The van der Waals surface area contributed by atoms with Crippen molar-refractivity contribution in [2.75, 3.05) is 13.6 Å². The van der Waals surface area contributed by atoms with Crippen LogP contribution < -0.4 is 5.32 Å². The van der Waals surface area contributed by atoms with E-state index in [0.29, 0.717) is 12.1 Å². The summed E-state index contributed by atoms with van der Waals surface area (Å²) in [4.78, 5) is 36.2. The van der Waals surface area contributed by atoms with Crippen LogP contribution in [0, 0.1) is 5.92 Å². The summed E-state index contributed by atoms with van der Waals surface area (Å²) in [6.45, 7) is 0.310. The van der Waals surface area contributed by atoms with Crippen LogP contribution in [0.25, 0.3) is 0 Å². The van der Waals surface area contributed by atoms with E-state index in [2.05, 4.69) is 10.4 Å². The Morgan fingerprint density at radius 3 is 2.65 bits per heavy atom. The third-order valence-electron chi connectivity index (χ3n) is 3.30. The third-order valence-corrected chi connectivity index (χ3v) is 3.30. The van der Waals surface area contributed by atoms with E-state index in [0.717, 1.165) is 0 Å². The first-order chi connectivity index (χ1) is 9.38. The van der Waals surface area contributed by atoms with Gasteiger partial charge in [-0.2, -0.15) is 5.10 Å². The van der Waals surface area contributed by atoms with Gasteiger partial charge in [-0.15, -0.1) is 0 Å². The van der Waals surface area contributed by atoms with Crippen LogP contribution in [0.3, 0.4) is 0 Å². The molecule has 0 radical (unpaired) electrons. The van der Waals surface area contributed by atoms with Gasteiger partial charge >= 0.3 is 5.97 Å². The Morgan fingerprint density at radius 1 is 1.50 bits per heavy atom. The number of carboxylic acids is 1. The number of nitrogens with one attached hydrogen (secondary N) is 1. The number of hydrogen-bond donors (Lipinski definition) is 2. The highest BCUT2D eigenvalue weighted by Gasteiger charge is 2.34. The lowest BCUT2D eigenvalue weighted by Crippen LogP contribution is -2.38. The summed E-state index contributed by atoms with van der Waals surface area (Å²) < 4.78 is 1.46. The Balaban J connectivity index is 2.07. The number of hydrogen-bond acceptors (Lipinski definition) is 4. The molecule has 2 amide bonds. The van der Waals surface area contributed by atoms with Gasteiger partial charge in [-0.3, -0.25) is 14.3 Å². The van der Waals surface area contributed by atoms with Crippen LogP contribution in [0.1, 0.15) is 18.0 Å². The summed E-state index contributed by atoms with van der Waals surface area (Å²) in [5.41, 5.74) is 0.394. The molecule has 108 valence electrons. The Morgan fingerprint density at radius 2 is 2.20 bits per heavy atom. The summed E-state index contributed by atoms with van der Waals surface area (Å²) >= 11 is 0. The van der Waals surface area contributed by atoms with E-state index in [9.17, 15) is 19.5 Å². The lowest BCUT2D eigenvalue weighted by atomic mass is 10.1. The molecule has 8 heteroatoms. The molecule has 0 bridgehead atoms. The second-order valence-corrected chi connectivity index (χ2v) is 4.90. The van der Waals surface area contributed by atoms with Crippen molar-refractivity contribution in [3.8, 4) is 0 Å². The quantitative estimate of drug-likeness (QED) is 0.746. The molecule has 1 aliphatic heterocycles. The summed E-state index contributed by atoms with van der Waals surface area (Å²) in [6.07, 6.45) is 3.04. The topological polar surface area (TPSA) is 105 Å². The van der Waals surface area contributed by atoms with Crippen LogP contribution in [0.4, 0.5) is 0 Å². The molecule has 0 saturated carbocycles. The van der Waals surface area contributed by atoms with Crippen molar-refractivity contribution in [1.82, 2.24) is 20.0 Å². The first-order valence-corrected chi connectivity index (χ1v) is 6.14. The number of carbonyl (C=O) groups excluding carboxylic acids is 2. The Labute approximate surface area is 115 Å². The number of carbonyl (C=O) groups is 3. The standard InChI is InChI=1S/C12H16N4O4/c1-15-5-7(3-9(15)17)11(18)14-10(12(19)20)8-4-13-16(2)6-8/h4,6-7,10H,3,5H2,1-2H3,(H,14,18)(H,19,20). The third kappa shape index (κ3) is 2.79. The van der Waals surface area contributed by atoms with E-state index in [-0.39, 0.29) is 12.3 Å². The lowest BCUT2D eigenvalue weighted by molar-refractivity contribution is -0.142. The fourth-order valence-corrected chi connectivity index (χ4v) is 2.18. The zero-order chi connectivity index (χ0) is 14.9. The average molecular weight is 280 g/mol. The van der Waals surface area contributed by atoms with Crippen LogP contribution in [-0.2, 0) is 21.4 Å². The van der Waals surface area contributed by atoms with Gasteiger partial charge < -0.3 is 15.3 Å². The van der Waals surface area contributed by atoms with Gasteiger partial charge in [-0.1, -0.05) is 0 Å². The van der Waals surface area contributed by atoms with E-state index >= 15 is 0 Å². The van der Waals surface area contributed by atoms with E-state index in [1.807, 2.05) is 0 Å². The van der Waals surface area contributed by atoms with E-state index in [1.54, 1.807) is 14.1 Å². The second kappa shape index (κ2) is 5.32. The van der Waals surface area contributed by atoms with Gasteiger partial charge in [0.2, 0.25) is 11.8 Å². The molecule has 2 rings (SSSR count). The van der Waals surface area contributed by atoms with Gasteiger partial charge in [0.05, 0.1) is 12.1 Å². The van der Waals surface area contributed by atoms with Crippen LogP contribution in [0.2, 0.25) is 0 Å². The summed E-state index contributed by atoms with van der Waals surface area (Å²) in [5, 5.41) is 15.5. The maximum Gasteiger partial charge on any atom is 0.331 e. The predicted molar refractivity (Wildman–Crippen MR) is 67.5 cm³/mol. The molecule has 2 atom stereocenters. The van der Waals surface area contributed by atoms with Crippen LogP contribution in [0.15, 0.2) is 12.4 Å². The number of aryl methyl sites for hydroxylation is 1. The maximum atomic E-state index is 12.1. The molecule has 1 aromatic rings. The summed E-state index contributed by atoms with van der Waals surface area (Å²) in [6, 6.07) is -1.16. The number of carboxylic acid groups (broad SMARTS) is 1. The highest BCUT2D eigenvalue weighted by atomic mass is 16.4. The van der Waals surface area contributed by atoms with Gasteiger partial charge in [0.15, 0.2) is 6.04 Å². The predicted octanol–water partition coefficient (Wildman–Crippen LogP) is -0.860. The van der Waals surface area contributed by atoms with Crippen molar-refractivity contribution < 1.29 is 19.5 Å². The van der Waals surface area contributed by atoms with Gasteiger partial charge in [0.1, 0.15) is 0 Å². The molecule has 0 aliphatic carbocycles. The molecular weight excluding hydrogens is 264 g/mol. The molecule has 0 spiro atoms. The number of aliphatic carboxylic acids is 1.